The molecule has 2 aromatic rings. The lowest BCUT2D eigenvalue weighted by atomic mass is 10.3. The number of nitrogens with one attached hydrogen (secondary N) is 1. The van der Waals surface area contributed by atoms with E-state index in [4.69, 9.17) is 15.9 Å². The lowest BCUT2D eigenvalue weighted by Crippen LogP contribution is -2.24. The first-order valence-electron chi connectivity index (χ1n) is 4.69. The summed E-state index contributed by atoms with van der Waals surface area (Å²) >= 11 is 0. The molecule has 0 aliphatic heterocycles. The highest BCUT2D eigenvalue weighted by Crippen LogP contribution is 2.18. The number of benzene rings is 1. The van der Waals surface area contributed by atoms with Crippen LogP contribution in [0.3, 0.4) is 0 Å². The topological polar surface area (TPSA) is 127 Å². The lowest BCUT2D eigenvalue weighted by Gasteiger charge is -2.01. The van der Waals surface area contributed by atoms with Crippen LogP contribution < -0.4 is 16.8 Å². The van der Waals surface area contributed by atoms with Gasteiger partial charge in [-0.1, -0.05) is 12.1 Å². The number of fused-ring (bicyclic) bond motifs is 1. The molecule has 17 heavy (non-hydrogen) atoms. The molecule has 0 bridgehead atoms. The largest absolute Gasteiger partial charge is 0.493 e. The molecule has 1 aromatic heterocycles. The van der Waals surface area contributed by atoms with E-state index in [0.717, 1.165) is 0 Å². The second-order valence-electron chi connectivity index (χ2n) is 3.24. The molecule has 1 heterocycles. The van der Waals surface area contributed by atoms with Crippen molar-refractivity contribution in [3.05, 3.63) is 35.8 Å². The highest BCUT2D eigenvalue weighted by atomic mass is 16.4. The van der Waals surface area contributed by atoms with E-state index in [9.17, 15) is 9.90 Å². The molecule has 0 spiro atoms. The van der Waals surface area contributed by atoms with E-state index < -0.39 is 17.5 Å². The van der Waals surface area contributed by atoms with Crippen LogP contribution in [0.25, 0.3) is 11.1 Å². The number of rotatable bonds is 3. The van der Waals surface area contributed by atoms with E-state index in [0.29, 0.717) is 11.1 Å². The molecule has 0 saturated carbocycles. The molecular formula is C10H10N4O3. The number of nitrogens with zero attached hydrogens (tertiary/aromatic N) is 1. The molecule has 0 unspecified atom stereocenters. The second-order valence-corrected chi connectivity index (χ2v) is 3.24. The van der Waals surface area contributed by atoms with Gasteiger partial charge < -0.3 is 21.0 Å². The molecule has 0 atom stereocenters. The number of nitrogens with two attached hydrogens (primary N) is 2. The van der Waals surface area contributed by atoms with Crippen molar-refractivity contribution in [1.29, 1.82) is 0 Å². The Hall–Kier alpha value is -2.70. The van der Waals surface area contributed by atoms with Gasteiger partial charge in [-0.15, -0.1) is 0 Å². The van der Waals surface area contributed by atoms with Gasteiger partial charge in [-0.25, -0.2) is 0 Å². The predicted octanol–water partition coefficient (Wildman–Crippen LogP) is 0.411. The Labute approximate surface area is 95.7 Å². The fourth-order valence-corrected chi connectivity index (χ4v) is 1.21. The van der Waals surface area contributed by atoms with Gasteiger partial charge in [0.25, 0.3) is 5.91 Å². The maximum absolute atomic E-state index is 10.7. The molecule has 6 N–H and O–H groups in total. The zero-order valence-electron chi connectivity index (χ0n) is 8.68. The number of aromatic nitrogens is 1. The molecule has 0 fully saturated rings. The van der Waals surface area contributed by atoms with E-state index in [1.54, 1.807) is 24.3 Å². The SMILES string of the molecule is NC(=O)/C(N)=C(/O)Nc1nc2ccccc2o1. The maximum atomic E-state index is 10.7. The molecule has 7 nitrogen and oxygen atoms in total. The molecule has 2 rings (SSSR count). The van der Waals surface area contributed by atoms with Gasteiger partial charge in [-0.3, -0.25) is 10.1 Å². The molecule has 1 aromatic carbocycles. The fourth-order valence-electron chi connectivity index (χ4n) is 1.21. The Bertz CT molecular complexity index is 569. The van der Waals surface area contributed by atoms with Crippen LogP contribution in [0, 0.1) is 0 Å². The zero-order valence-corrected chi connectivity index (χ0v) is 8.68. The van der Waals surface area contributed by atoms with Crippen molar-refractivity contribution in [3.63, 3.8) is 0 Å². The van der Waals surface area contributed by atoms with Crippen LogP contribution in [-0.4, -0.2) is 16.0 Å². The Morgan fingerprint density at radius 1 is 1.35 bits per heavy atom. The second kappa shape index (κ2) is 4.05. The molecule has 0 aliphatic carbocycles. The standard InChI is InChI=1S/C10H10N4O3/c11-7(8(12)15)9(16)14-10-13-5-3-1-2-4-6(5)17-10/h1-4,16H,11H2,(H2,12,15)(H,13,14)/b9-7-. The first-order valence-corrected chi connectivity index (χ1v) is 4.69. The summed E-state index contributed by atoms with van der Waals surface area (Å²) in [5.74, 6) is -1.53. The van der Waals surface area contributed by atoms with Crippen LogP contribution >= 0.6 is 0 Å². The third kappa shape index (κ3) is 2.12. The number of para-hydroxylation sites is 2. The van der Waals surface area contributed by atoms with Gasteiger partial charge in [0.15, 0.2) is 11.3 Å². The van der Waals surface area contributed by atoms with Crippen molar-refractivity contribution in [2.75, 3.05) is 5.32 Å². The summed E-state index contributed by atoms with van der Waals surface area (Å²) in [6.45, 7) is 0. The normalized spacial score (nSPS) is 12.2. The van der Waals surface area contributed by atoms with E-state index in [1.165, 1.54) is 0 Å². The minimum absolute atomic E-state index is 0.0212. The first kappa shape index (κ1) is 10.8. The number of aliphatic hydroxyl groups is 1. The van der Waals surface area contributed by atoms with Crippen molar-refractivity contribution in [2.24, 2.45) is 11.5 Å². The summed E-state index contributed by atoms with van der Waals surface area (Å²) < 4.78 is 5.24. The van der Waals surface area contributed by atoms with Gasteiger partial charge in [0.2, 0.25) is 5.88 Å². The van der Waals surface area contributed by atoms with Crippen LogP contribution in [0.5, 0.6) is 0 Å². The number of anilines is 1. The molecule has 88 valence electrons. The third-order valence-electron chi connectivity index (χ3n) is 2.04. The quantitative estimate of drug-likeness (QED) is 0.450. The Morgan fingerprint density at radius 3 is 2.71 bits per heavy atom. The minimum Gasteiger partial charge on any atom is -0.493 e. The number of primary amides is 1. The van der Waals surface area contributed by atoms with Crippen LogP contribution in [0.1, 0.15) is 0 Å². The smallest absolute Gasteiger partial charge is 0.302 e. The number of carbonyl (C=O) groups excluding carboxylic acids is 1. The number of amides is 1. The van der Waals surface area contributed by atoms with E-state index in [2.05, 4.69) is 10.3 Å². The molecule has 1 amide bonds. The summed E-state index contributed by atoms with van der Waals surface area (Å²) in [5, 5.41) is 11.8. The van der Waals surface area contributed by atoms with Crippen LogP contribution in [0.15, 0.2) is 40.3 Å². The van der Waals surface area contributed by atoms with Crippen LogP contribution in [-0.2, 0) is 4.79 Å². The third-order valence-corrected chi connectivity index (χ3v) is 2.04. The van der Waals surface area contributed by atoms with E-state index >= 15 is 0 Å². The fraction of sp³-hybridized carbons (Fsp3) is 0. The van der Waals surface area contributed by atoms with E-state index in [-0.39, 0.29) is 6.01 Å². The van der Waals surface area contributed by atoms with Crippen molar-refractivity contribution < 1.29 is 14.3 Å². The highest BCUT2D eigenvalue weighted by molar-refractivity contribution is 5.91. The maximum Gasteiger partial charge on any atom is 0.302 e. The molecule has 0 aliphatic rings. The van der Waals surface area contributed by atoms with E-state index in [1.807, 2.05) is 0 Å². The molecule has 0 radical (unpaired) electrons. The number of oxazole rings is 1. The average Bonchev–Trinajstić information content (AvgIpc) is 2.69. The van der Waals surface area contributed by atoms with Crippen molar-refractivity contribution in [2.45, 2.75) is 0 Å². The average molecular weight is 234 g/mol. The molecule has 7 heteroatoms. The van der Waals surface area contributed by atoms with Gasteiger partial charge in [0, 0.05) is 0 Å². The Balaban J connectivity index is 2.30. The van der Waals surface area contributed by atoms with Gasteiger partial charge in [-0.05, 0) is 12.1 Å². The summed E-state index contributed by atoms with van der Waals surface area (Å²) in [6.07, 6.45) is 0. The van der Waals surface area contributed by atoms with Crippen molar-refractivity contribution in [3.8, 4) is 0 Å². The van der Waals surface area contributed by atoms with Gasteiger partial charge >= 0.3 is 6.01 Å². The molecular weight excluding hydrogens is 224 g/mol. The van der Waals surface area contributed by atoms with Gasteiger partial charge in [0.05, 0.1) is 0 Å². The van der Waals surface area contributed by atoms with Crippen molar-refractivity contribution >= 4 is 23.0 Å². The summed E-state index contributed by atoms with van der Waals surface area (Å²) in [5.41, 5.74) is 10.8. The van der Waals surface area contributed by atoms with Crippen molar-refractivity contribution in [1.82, 2.24) is 4.98 Å². The monoisotopic (exact) mass is 234 g/mol. The van der Waals surface area contributed by atoms with Gasteiger partial charge in [-0.2, -0.15) is 4.98 Å². The van der Waals surface area contributed by atoms with Crippen LogP contribution in [0.4, 0.5) is 6.01 Å². The van der Waals surface area contributed by atoms with Gasteiger partial charge in [0.1, 0.15) is 5.52 Å². The first-order chi connectivity index (χ1) is 8.08. The number of hydrogen-bond acceptors (Lipinski definition) is 6. The number of aliphatic hydroxyl groups excluding tert-OH is 1. The summed E-state index contributed by atoms with van der Waals surface area (Å²) in [7, 11) is 0. The Kier molecular flexibility index (Phi) is 2.57. The minimum atomic E-state index is -0.939. The Morgan fingerprint density at radius 2 is 2.06 bits per heavy atom. The lowest BCUT2D eigenvalue weighted by molar-refractivity contribution is -0.114. The number of hydrogen-bond donors (Lipinski definition) is 4. The van der Waals surface area contributed by atoms with Crippen LogP contribution in [0.2, 0.25) is 0 Å². The zero-order chi connectivity index (χ0) is 12.4. The highest BCUT2D eigenvalue weighted by Gasteiger charge is 2.11. The predicted molar refractivity (Wildman–Crippen MR) is 60.7 cm³/mol. The molecule has 0 saturated heterocycles. The number of carbonyl (C=O) groups is 1. The summed E-state index contributed by atoms with van der Waals surface area (Å²) in [6, 6.07) is 7.05. The summed E-state index contributed by atoms with van der Waals surface area (Å²) in [4.78, 5) is 14.7.